The van der Waals surface area contributed by atoms with Crippen molar-refractivity contribution in [1.82, 2.24) is 68.6 Å². The number of Topliss-reactive ketones (excluding diaryl/α,β-unsaturated/α-hetero) is 2. The van der Waals surface area contributed by atoms with Crippen molar-refractivity contribution < 1.29 is 107 Å². The van der Waals surface area contributed by atoms with E-state index in [0.29, 0.717) is 58.0 Å². The van der Waals surface area contributed by atoms with Crippen LogP contribution in [0.5, 0.6) is 0 Å². The Kier molecular flexibility index (Phi) is 83.3. The monoisotopic (exact) mass is 1510 g/mol. The number of rotatable bonds is 28. The van der Waals surface area contributed by atoms with Crippen LogP contribution in [0.2, 0.25) is 0 Å². The minimum atomic E-state index is -0.848. The van der Waals surface area contributed by atoms with Crippen LogP contribution >= 0.6 is 0 Å². The zero-order valence-corrected chi connectivity index (χ0v) is 66.2. The minimum Gasteiger partial charge on any atom is -0.480 e. The number of nitrogens with zero attached hydrogens (tertiary/aromatic N) is 14. The zero-order valence-electron chi connectivity index (χ0n) is 66.2. The van der Waals surface area contributed by atoms with Gasteiger partial charge in [-0.1, -0.05) is 104 Å². The van der Waals surface area contributed by atoms with E-state index in [9.17, 15) is 33.9 Å². The summed E-state index contributed by atoms with van der Waals surface area (Å²) in [6.45, 7) is 52.3. The molecule has 0 atom stereocenters. The van der Waals surface area contributed by atoms with Crippen LogP contribution in [0.3, 0.4) is 0 Å². The van der Waals surface area contributed by atoms with Crippen LogP contribution in [-0.2, 0) is 86.3 Å². The number of carbonyl (C=O) groups excluding carboxylic acids is 14. The first-order chi connectivity index (χ1) is 48.4. The normalized spacial score (nSPS) is 14.8. The van der Waals surface area contributed by atoms with Crippen molar-refractivity contribution in [2.45, 2.75) is 104 Å². The summed E-state index contributed by atoms with van der Waals surface area (Å²) in [7, 11) is 12.2. The van der Waals surface area contributed by atoms with E-state index < -0.39 is 23.9 Å². The Morgan fingerprint density at radius 2 is 0.610 bits per heavy atom. The fourth-order valence-electron chi connectivity index (χ4n) is 9.44. The summed E-state index contributed by atoms with van der Waals surface area (Å²) in [5.74, 6) is -1.53. The number of carboxylic acids is 4. The number of carbonyl (C=O) groups is 6. The third-order valence-corrected chi connectivity index (χ3v) is 14.8. The number of aliphatic carboxylic acids is 4. The van der Waals surface area contributed by atoms with Gasteiger partial charge in [-0.25, -0.2) is 0 Å². The SMILES string of the molecule is C.CCN(CC(=O)O)CN(CC(=O)C(C)(C)C)CN(C)C.CCN(CC(=O)O)CN(CC(C)C)CN(C)C.CCN1CCN(C)CCN(CC(=O)C(C)(C)C)CCN(CC(=O)O)CC1.CCN1CCN(C)CCN(CC(C)C)CCN(CC(=O)O)CC1.O=C=O.O=C=O.O=C=O.O=C=O.O=C=O.O=C=O. The summed E-state index contributed by atoms with van der Waals surface area (Å²) in [6, 6.07) is 0. The molecule has 612 valence electrons. The van der Waals surface area contributed by atoms with Gasteiger partial charge >= 0.3 is 60.8 Å². The van der Waals surface area contributed by atoms with E-state index in [2.05, 4.69) is 99.7 Å². The molecule has 0 aliphatic carbocycles. The molecule has 2 heterocycles. The Morgan fingerprint density at radius 1 is 0.352 bits per heavy atom. The van der Waals surface area contributed by atoms with Gasteiger partial charge in [0.05, 0.1) is 65.9 Å². The molecule has 0 amide bonds. The lowest BCUT2D eigenvalue weighted by Gasteiger charge is -2.33. The van der Waals surface area contributed by atoms with E-state index >= 15 is 0 Å². The summed E-state index contributed by atoms with van der Waals surface area (Å²) in [4.78, 5) is 196. The van der Waals surface area contributed by atoms with Crippen LogP contribution in [0.4, 0.5) is 0 Å². The highest BCUT2D eigenvalue weighted by atomic mass is 16.4. The molecule has 2 aliphatic heterocycles. The van der Waals surface area contributed by atoms with Crippen molar-refractivity contribution in [3.8, 4) is 0 Å². The van der Waals surface area contributed by atoms with Crippen LogP contribution in [0.25, 0.3) is 0 Å². The van der Waals surface area contributed by atoms with Crippen molar-refractivity contribution in [2.75, 3.05) is 252 Å². The van der Waals surface area contributed by atoms with Crippen molar-refractivity contribution in [3.63, 3.8) is 0 Å². The Bertz CT molecular complexity index is 2330. The van der Waals surface area contributed by atoms with E-state index in [1.165, 1.54) is 0 Å². The van der Waals surface area contributed by atoms with E-state index in [1.807, 2.05) is 108 Å². The molecule has 0 aromatic carbocycles. The van der Waals surface area contributed by atoms with E-state index in [4.69, 9.17) is 72.9 Å². The molecule has 2 fully saturated rings. The fraction of sp³-hybridized carbons (Fsp3) is 0.826. The molecular weight excluding hydrogens is 1380 g/mol. The molecule has 0 bridgehead atoms. The molecular formula is C69H134N14O22. The van der Waals surface area contributed by atoms with Crippen molar-refractivity contribution in [3.05, 3.63) is 0 Å². The summed E-state index contributed by atoms with van der Waals surface area (Å²) >= 11 is 0. The molecule has 4 N–H and O–H groups in total. The van der Waals surface area contributed by atoms with Gasteiger partial charge in [0.25, 0.3) is 0 Å². The quantitative estimate of drug-likeness (QED) is 0.0743. The molecule has 0 aromatic heterocycles. The van der Waals surface area contributed by atoms with Crippen molar-refractivity contribution in [2.24, 2.45) is 22.7 Å². The topological polar surface area (TPSA) is 434 Å². The lowest BCUT2D eigenvalue weighted by atomic mass is 9.90. The van der Waals surface area contributed by atoms with Gasteiger partial charge in [-0.05, 0) is 80.3 Å². The Labute approximate surface area is 624 Å². The maximum Gasteiger partial charge on any atom is 0.373 e. The first-order valence-electron chi connectivity index (χ1n) is 34.2. The minimum absolute atomic E-state index is 0. The summed E-state index contributed by atoms with van der Waals surface area (Å²) in [5, 5.41) is 36.1. The predicted molar refractivity (Wildman–Crippen MR) is 386 cm³/mol. The van der Waals surface area contributed by atoms with Gasteiger partial charge in [-0.15, -0.1) is 0 Å². The highest BCUT2D eigenvalue weighted by molar-refractivity contribution is 5.86. The zero-order chi connectivity index (χ0) is 82.6. The standard InChI is InChI=1S/C19H38N4O3.C17H36N4O2.C14H29N3O3.C12H27N3O2.6CO2.CH4/c1-6-21-9-7-20(5)8-10-22(15-17(24)19(2,3)4)13-14-23(12-11-21)16-18(25)26;1-5-19-8-6-18(4)7-9-20(14-16(2)3)12-13-21(11-10-19)15-17(22)23;1-7-16(9-13(19)20)11-17(10-15(5)6)8-12(18)14(2,3)4;1-6-14(8-12(16)17)10-15(7-11(2)3)9-13(4)5;6*2-1-3;/h6-16H2,1-5H3,(H,25,26);16H,5-15H2,1-4H3,(H,22,23);7-11H2,1-6H3,(H,19,20);11H,6-10H2,1-5H3,(H,16,17);;;;;;;1H4. The average molecular weight is 1510 g/mol. The highest BCUT2D eigenvalue weighted by Gasteiger charge is 2.27. The van der Waals surface area contributed by atoms with Crippen LogP contribution in [0, 0.1) is 22.7 Å². The second-order valence-electron chi connectivity index (χ2n) is 27.5. The lowest BCUT2D eigenvalue weighted by molar-refractivity contribution is -0.193. The summed E-state index contributed by atoms with van der Waals surface area (Å²) < 4.78 is 0. The first kappa shape index (κ1) is 116. The van der Waals surface area contributed by atoms with Crippen LogP contribution in [0.15, 0.2) is 0 Å². The number of hydrogen-bond donors (Lipinski definition) is 4. The largest absolute Gasteiger partial charge is 0.480 e. The first-order valence-corrected chi connectivity index (χ1v) is 34.2. The second-order valence-corrected chi connectivity index (χ2v) is 27.5. The molecule has 2 rings (SSSR count). The van der Waals surface area contributed by atoms with Crippen molar-refractivity contribution >= 4 is 72.4 Å². The smallest absolute Gasteiger partial charge is 0.373 e. The van der Waals surface area contributed by atoms with E-state index in [1.54, 1.807) is 0 Å². The Balaban J connectivity index is -0.000000155. The number of ketones is 2. The maximum absolute atomic E-state index is 12.5. The molecule has 0 aromatic rings. The van der Waals surface area contributed by atoms with E-state index in [0.717, 1.165) is 138 Å². The average Bonchev–Trinajstić information content (AvgIpc) is 0.892. The predicted octanol–water partition coefficient (Wildman–Crippen LogP) is -0.0949. The molecule has 0 radical (unpaired) electrons. The van der Waals surface area contributed by atoms with E-state index in [-0.39, 0.29) is 92.9 Å². The molecule has 105 heavy (non-hydrogen) atoms. The molecule has 0 unspecified atom stereocenters. The van der Waals surface area contributed by atoms with Gasteiger partial charge in [-0.3, -0.25) is 72.9 Å². The van der Waals surface area contributed by atoms with Crippen molar-refractivity contribution in [1.29, 1.82) is 0 Å². The van der Waals surface area contributed by atoms with Crippen LogP contribution in [0.1, 0.15) is 104 Å². The lowest BCUT2D eigenvalue weighted by Crippen LogP contribution is -2.47. The third kappa shape index (κ3) is 85.8. The maximum atomic E-state index is 12.5. The molecule has 36 nitrogen and oxygen atoms in total. The third-order valence-electron chi connectivity index (χ3n) is 14.8. The van der Waals surface area contributed by atoms with Crippen LogP contribution < -0.4 is 0 Å². The molecule has 0 spiro atoms. The molecule has 2 aliphatic rings. The fourth-order valence-corrected chi connectivity index (χ4v) is 9.44. The molecule has 2 saturated heterocycles. The molecule has 0 saturated carbocycles. The van der Waals surface area contributed by atoms with Gasteiger partial charge < -0.3 is 44.9 Å². The Hall–Kier alpha value is -7.06. The number of hydrogen-bond acceptors (Lipinski definition) is 32. The van der Waals surface area contributed by atoms with Gasteiger partial charge in [0.2, 0.25) is 0 Å². The Morgan fingerprint density at radius 3 is 0.867 bits per heavy atom. The summed E-state index contributed by atoms with van der Waals surface area (Å²) in [5.41, 5.74) is -0.730. The second kappa shape index (κ2) is 75.2. The summed E-state index contributed by atoms with van der Waals surface area (Å²) in [6.07, 6.45) is 1.50. The number of carboxylic acid groups (broad SMARTS) is 4. The van der Waals surface area contributed by atoms with Gasteiger partial charge in [0.1, 0.15) is 0 Å². The van der Waals surface area contributed by atoms with Gasteiger partial charge in [0.15, 0.2) is 11.6 Å². The number of likely N-dealkylation sites (N-methyl/N-ethyl adjacent to an activating group) is 6. The molecule has 36 heteroatoms. The van der Waals surface area contributed by atoms with Crippen LogP contribution in [-0.4, -0.2) is 414 Å². The van der Waals surface area contributed by atoms with Gasteiger partial charge in [-0.2, -0.15) is 57.5 Å². The van der Waals surface area contributed by atoms with Gasteiger partial charge in [0, 0.05) is 129 Å². The highest BCUT2D eigenvalue weighted by Crippen LogP contribution is 2.17.